The first-order valence-electron chi connectivity index (χ1n) is 6.22. The van der Waals surface area contributed by atoms with Crippen LogP contribution in [-0.4, -0.2) is 31.1 Å². The zero-order valence-electron chi connectivity index (χ0n) is 10.3. The van der Waals surface area contributed by atoms with Crippen molar-refractivity contribution in [3.8, 4) is 0 Å². The minimum absolute atomic E-state index is 0.675. The van der Waals surface area contributed by atoms with Crippen molar-refractivity contribution in [1.29, 1.82) is 0 Å². The molecule has 2 heteroatoms. The van der Waals surface area contributed by atoms with Crippen molar-refractivity contribution >= 4 is 0 Å². The van der Waals surface area contributed by atoms with Crippen LogP contribution in [0.1, 0.15) is 18.9 Å². The second kappa shape index (κ2) is 5.46. The van der Waals surface area contributed by atoms with Crippen molar-refractivity contribution in [3.63, 3.8) is 0 Å². The lowest BCUT2D eigenvalue weighted by Gasteiger charge is -2.36. The lowest BCUT2D eigenvalue weighted by Crippen LogP contribution is -2.48. The Labute approximate surface area is 98.7 Å². The van der Waals surface area contributed by atoms with Gasteiger partial charge in [-0.1, -0.05) is 37.3 Å². The van der Waals surface area contributed by atoms with Gasteiger partial charge in [0.05, 0.1) is 0 Å². The lowest BCUT2D eigenvalue weighted by atomic mass is 9.93. The molecule has 1 saturated heterocycles. The largest absolute Gasteiger partial charge is 0.315 e. The molecular formula is C14H22N2. The van der Waals surface area contributed by atoms with Crippen molar-refractivity contribution in [3.05, 3.63) is 35.9 Å². The van der Waals surface area contributed by atoms with Crippen LogP contribution < -0.4 is 5.32 Å². The van der Waals surface area contributed by atoms with E-state index in [1.165, 1.54) is 18.5 Å². The summed E-state index contributed by atoms with van der Waals surface area (Å²) in [7, 11) is 2.24. The Hall–Kier alpha value is -0.860. The van der Waals surface area contributed by atoms with Gasteiger partial charge in [-0.25, -0.2) is 0 Å². The number of hydrogen-bond donors (Lipinski definition) is 1. The van der Waals surface area contributed by atoms with Crippen molar-refractivity contribution in [2.24, 2.45) is 5.92 Å². The molecule has 0 aliphatic carbocycles. The molecule has 0 spiro atoms. The van der Waals surface area contributed by atoms with Crippen LogP contribution in [0.4, 0.5) is 0 Å². The first-order valence-corrected chi connectivity index (χ1v) is 6.22. The summed E-state index contributed by atoms with van der Waals surface area (Å²) >= 11 is 0. The highest BCUT2D eigenvalue weighted by atomic mass is 15.2. The maximum Gasteiger partial charge on any atom is 0.0247 e. The molecule has 1 fully saturated rings. The van der Waals surface area contributed by atoms with Gasteiger partial charge in [0.25, 0.3) is 0 Å². The van der Waals surface area contributed by atoms with Gasteiger partial charge in [0.15, 0.2) is 0 Å². The van der Waals surface area contributed by atoms with Crippen LogP contribution in [0.25, 0.3) is 0 Å². The zero-order chi connectivity index (χ0) is 11.4. The van der Waals surface area contributed by atoms with Gasteiger partial charge in [-0.15, -0.1) is 0 Å². The first kappa shape index (κ1) is 11.6. The second-order valence-corrected chi connectivity index (χ2v) is 4.94. The quantitative estimate of drug-likeness (QED) is 0.836. The summed E-state index contributed by atoms with van der Waals surface area (Å²) in [6.07, 6.45) is 1.30. The maximum absolute atomic E-state index is 3.49. The van der Waals surface area contributed by atoms with Crippen molar-refractivity contribution < 1.29 is 0 Å². The third-order valence-corrected chi connectivity index (χ3v) is 3.63. The minimum atomic E-state index is 0.675. The van der Waals surface area contributed by atoms with E-state index in [9.17, 15) is 0 Å². The molecule has 0 aromatic heterocycles. The van der Waals surface area contributed by atoms with Gasteiger partial charge in [0, 0.05) is 19.1 Å². The molecule has 1 N–H and O–H groups in total. The first-order chi connectivity index (χ1) is 7.77. The Balaban J connectivity index is 1.94. The topological polar surface area (TPSA) is 15.3 Å². The van der Waals surface area contributed by atoms with Gasteiger partial charge >= 0.3 is 0 Å². The Kier molecular flexibility index (Phi) is 3.97. The number of benzene rings is 1. The van der Waals surface area contributed by atoms with Crippen LogP contribution >= 0.6 is 0 Å². The zero-order valence-corrected chi connectivity index (χ0v) is 10.3. The van der Waals surface area contributed by atoms with Gasteiger partial charge in [-0.3, -0.25) is 4.90 Å². The smallest absolute Gasteiger partial charge is 0.0247 e. The third-order valence-electron chi connectivity index (χ3n) is 3.63. The maximum atomic E-state index is 3.49. The third kappa shape index (κ3) is 2.83. The van der Waals surface area contributed by atoms with Crippen LogP contribution in [0.5, 0.6) is 0 Å². The highest BCUT2D eigenvalue weighted by Crippen LogP contribution is 2.18. The van der Waals surface area contributed by atoms with E-state index in [0.717, 1.165) is 19.0 Å². The molecule has 0 amide bonds. The molecule has 1 heterocycles. The summed E-state index contributed by atoms with van der Waals surface area (Å²) in [4.78, 5) is 2.48. The highest BCUT2D eigenvalue weighted by Gasteiger charge is 2.24. The number of hydrogen-bond acceptors (Lipinski definition) is 2. The van der Waals surface area contributed by atoms with Gasteiger partial charge < -0.3 is 5.32 Å². The van der Waals surface area contributed by atoms with E-state index < -0.39 is 0 Å². The summed E-state index contributed by atoms with van der Waals surface area (Å²) in [5, 5.41) is 3.49. The molecule has 1 aromatic carbocycles. The molecule has 2 rings (SSSR count). The second-order valence-electron chi connectivity index (χ2n) is 4.94. The van der Waals surface area contributed by atoms with Crippen LogP contribution in [0.3, 0.4) is 0 Å². The number of nitrogens with one attached hydrogen (secondary N) is 1. The highest BCUT2D eigenvalue weighted by molar-refractivity contribution is 5.14. The fraction of sp³-hybridized carbons (Fsp3) is 0.571. The van der Waals surface area contributed by atoms with Crippen LogP contribution in [0.2, 0.25) is 0 Å². The van der Waals surface area contributed by atoms with Crippen molar-refractivity contribution in [1.82, 2.24) is 10.2 Å². The Morgan fingerprint density at radius 3 is 2.75 bits per heavy atom. The standard InChI is InChI=1S/C14H22N2/c1-12-8-9-15-10-14(12)16(2)11-13-6-4-3-5-7-13/h3-7,12,14-15H,8-11H2,1-2H3/t12-,14+/m1/s1. The van der Waals surface area contributed by atoms with Crippen LogP contribution in [-0.2, 0) is 6.54 Å². The number of likely N-dealkylation sites (N-methyl/N-ethyl adjacent to an activating group) is 1. The molecule has 0 radical (unpaired) electrons. The summed E-state index contributed by atoms with van der Waals surface area (Å²) in [5.41, 5.74) is 1.41. The molecule has 0 bridgehead atoms. The van der Waals surface area contributed by atoms with Crippen molar-refractivity contribution in [2.45, 2.75) is 25.9 Å². The van der Waals surface area contributed by atoms with Gasteiger partial charge in [0.1, 0.15) is 0 Å². The SMILES string of the molecule is C[C@@H]1CCNC[C@@H]1N(C)Cc1ccccc1. The Morgan fingerprint density at radius 1 is 1.31 bits per heavy atom. The average Bonchev–Trinajstić information content (AvgIpc) is 2.31. The predicted octanol–water partition coefficient (Wildman–Crippen LogP) is 2.12. The molecule has 2 atom stereocenters. The van der Waals surface area contributed by atoms with Gasteiger partial charge in [-0.2, -0.15) is 0 Å². The number of piperidine rings is 1. The minimum Gasteiger partial charge on any atom is -0.315 e. The van der Waals surface area contributed by atoms with E-state index in [-0.39, 0.29) is 0 Å². The summed E-state index contributed by atoms with van der Waals surface area (Å²) in [6.45, 7) is 5.73. The van der Waals surface area contributed by atoms with E-state index in [1.54, 1.807) is 0 Å². The fourth-order valence-corrected chi connectivity index (χ4v) is 2.55. The molecule has 88 valence electrons. The van der Waals surface area contributed by atoms with Gasteiger partial charge in [0.2, 0.25) is 0 Å². The van der Waals surface area contributed by atoms with Crippen LogP contribution in [0.15, 0.2) is 30.3 Å². The van der Waals surface area contributed by atoms with Gasteiger partial charge in [-0.05, 0) is 31.5 Å². The molecular weight excluding hydrogens is 196 g/mol. The molecule has 1 aliphatic heterocycles. The van der Waals surface area contributed by atoms with Crippen molar-refractivity contribution in [2.75, 3.05) is 20.1 Å². The summed E-state index contributed by atoms with van der Waals surface area (Å²) in [6, 6.07) is 11.4. The molecule has 1 aliphatic rings. The van der Waals surface area contributed by atoms with E-state index in [0.29, 0.717) is 6.04 Å². The van der Waals surface area contributed by atoms with E-state index in [1.807, 2.05) is 0 Å². The molecule has 0 unspecified atom stereocenters. The molecule has 16 heavy (non-hydrogen) atoms. The summed E-state index contributed by atoms with van der Waals surface area (Å²) < 4.78 is 0. The normalized spacial score (nSPS) is 25.9. The molecule has 1 aromatic rings. The summed E-state index contributed by atoms with van der Waals surface area (Å²) in [5.74, 6) is 0.801. The predicted molar refractivity (Wildman–Crippen MR) is 68.3 cm³/mol. The molecule has 2 nitrogen and oxygen atoms in total. The average molecular weight is 218 g/mol. The van der Waals surface area contributed by atoms with Crippen LogP contribution in [0, 0.1) is 5.92 Å². The van der Waals surface area contributed by atoms with E-state index in [2.05, 4.69) is 54.5 Å². The lowest BCUT2D eigenvalue weighted by molar-refractivity contribution is 0.145. The van der Waals surface area contributed by atoms with E-state index >= 15 is 0 Å². The molecule has 0 saturated carbocycles. The Bertz CT molecular complexity index is 310. The number of nitrogens with zero attached hydrogens (tertiary/aromatic N) is 1. The number of rotatable bonds is 3. The monoisotopic (exact) mass is 218 g/mol. The fourth-order valence-electron chi connectivity index (χ4n) is 2.55. The van der Waals surface area contributed by atoms with E-state index in [4.69, 9.17) is 0 Å². The Morgan fingerprint density at radius 2 is 2.06 bits per heavy atom.